The Bertz CT molecular complexity index is 145. The van der Waals surface area contributed by atoms with Crippen LogP contribution in [0, 0.1) is 5.92 Å². The fraction of sp³-hybridized carbons (Fsp3) is 1.00. The van der Waals surface area contributed by atoms with Crippen LogP contribution in [0.2, 0.25) is 0 Å². The lowest BCUT2D eigenvalue weighted by Gasteiger charge is -2.33. The third-order valence-electron chi connectivity index (χ3n) is 3.35. The fourth-order valence-electron chi connectivity index (χ4n) is 2.23. The monoisotopic (exact) mass is 184 g/mol. The van der Waals surface area contributed by atoms with E-state index >= 15 is 0 Å². The van der Waals surface area contributed by atoms with E-state index in [4.69, 9.17) is 0 Å². The number of hydrogen-bond acceptors (Lipinski definition) is 2. The number of nitrogens with zero attached hydrogens (tertiary/aromatic N) is 1. The van der Waals surface area contributed by atoms with Crippen LogP contribution < -0.4 is 5.32 Å². The van der Waals surface area contributed by atoms with Crippen molar-refractivity contribution in [2.45, 2.75) is 45.7 Å². The average molecular weight is 184 g/mol. The van der Waals surface area contributed by atoms with E-state index in [-0.39, 0.29) is 0 Å². The van der Waals surface area contributed by atoms with Crippen LogP contribution in [0.25, 0.3) is 0 Å². The summed E-state index contributed by atoms with van der Waals surface area (Å²) < 4.78 is 0. The highest BCUT2D eigenvalue weighted by Crippen LogP contribution is 2.22. The number of likely N-dealkylation sites (tertiary alicyclic amines) is 1. The van der Waals surface area contributed by atoms with Gasteiger partial charge in [0.1, 0.15) is 0 Å². The van der Waals surface area contributed by atoms with Crippen molar-refractivity contribution >= 4 is 0 Å². The maximum atomic E-state index is 3.29. The molecule has 1 fully saturated rings. The third kappa shape index (κ3) is 2.68. The zero-order valence-corrected chi connectivity index (χ0v) is 9.51. The first-order valence-corrected chi connectivity index (χ1v) is 5.57. The molecule has 0 aromatic carbocycles. The number of likely N-dealkylation sites (N-methyl/N-ethyl adjacent to an activating group) is 1. The molecular formula is C11H24N2. The first kappa shape index (κ1) is 11.0. The molecular weight excluding hydrogens is 160 g/mol. The summed E-state index contributed by atoms with van der Waals surface area (Å²) in [4.78, 5) is 2.67. The van der Waals surface area contributed by atoms with Gasteiger partial charge < -0.3 is 5.32 Å². The number of hydrogen-bond donors (Lipinski definition) is 1. The van der Waals surface area contributed by atoms with Gasteiger partial charge in [-0.15, -0.1) is 0 Å². The average Bonchev–Trinajstić information content (AvgIpc) is 2.52. The van der Waals surface area contributed by atoms with E-state index in [0.29, 0.717) is 0 Å². The maximum absolute atomic E-state index is 3.29. The van der Waals surface area contributed by atoms with Crippen LogP contribution in [-0.2, 0) is 0 Å². The van der Waals surface area contributed by atoms with Crippen LogP contribution in [0.4, 0.5) is 0 Å². The summed E-state index contributed by atoms with van der Waals surface area (Å²) in [6, 6.07) is 1.52. The van der Waals surface area contributed by atoms with Crippen LogP contribution in [0.5, 0.6) is 0 Å². The molecule has 0 aromatic heterocycles. The highest BCUT2D eigenvalue weighted by atomic mass is 15.2. The summed E-state index contributed by atoms with van der Waals surface area (Å²) in [6.45, 7) is 9.44. The van der Waals surface area contributed by atoms with Crippen molar-refractivity contribution in [1.82, 2.24) is 10.2 Å². The van der Waals surface area contributed by atoms with Crippen molar-refractivity contribution in [3.8, 4) is 0 Å². The molecule has 2 heteroatoms. The van der Waals surface area contributed by atoms with Crippen molar-refractivity contribution in [2.75, 3.05) is 20.1 Å². The number of nitrogens with one attached hydrogen (secondary N) is 1. The topological polar surface area (TPSA) is 15.3 Å². The molecule has 0 spiro atoms. The molecule has 0 saturated carbocycles. The second kappa shape index (κ2) is 4.97. The molecule has 1 aliphatic heterocycles. The summed E-state index contributed by atoms with van der Waals surface area (Å²) >= 11 is 0. The molecule has 78 valence electrons. The molecule has 13 heavy (non-hydrogen) atoms. The summed E-state index contributed by atoms with van der Waals surface area (Å²) in [5.41, 5.74) is 0. The quantitative estimate of drug-likeness (QED) is 0.715. The molecule has 2 unspecified atom stereocenters. The van der Waals surface area contributed by atoms with Gasteiger partial charge in [0.15, 0.2) is 0 Å². The normalized spacial score (nSPS) is 27.0. The molecule has 0 bridgehead atoms. The Hall–Kier alpha value is -0.0800. The van der Waals surface area contributed by atoms with E-state index in [1.807, 2.05) is 0 Å². The van der Waals surface area contributed by atoms with Crippen molar-refractivity contribution in [3.05, 3.63) is 0 Å². The summed E-state index contributed by atoms with van der Waals surface area (Å²) in [5, 5.41) is 3.29. The molecule has 1 aliphatic rings. The Morgan fingerprint density at radius 3 is 2.62 bits per heavy atom. The van der Waals surface area contributed by atoms with E-state index < -0.39 is 0 Å². The van der Waals surface area contributed by atoms with Gasteiger partial charge in [-0.1, -0.05) is 13.8 Å². The minimum absolute atomic E-state index is 0.737. The molecule has 1 rings (SSSR count). The maximum Gasteiger partial charge on any atom is 0.0223 e. The zero-order valence-electron chi connectivity index (χ0n) is 9.51. The zero-order chi connectivity index (χ0) is 9.84. The molecule has 2 atom stereocenters. The lowest BCUT2D eigenvalue weighted by molar-refractivity contribution is 0.152. The van der Waals surface area contributed by atoms with Crippen molar-refractivity contribution < 1.29 is 0 Å². The van der Waals surface area contributed by atoms with Crippen LogP contribution in [-0.4, -0.2) is 37.1 Å². The summed E-state index contributed by atoms with van der Waals surface area (Å²) in [5.74, 6) is 0.775. The molecule has 1 N–H and O–H groups in total. The van der Waals surface area contributed by atoms with Crippen LogP contribution in [0.15, 0.2) is 0 Å². The lowest BCUT2D eigenvalue weighted by atomic mass is 10.0. The Labute approximate surface area is 82.7 Å². The minimum atomic E-state index is 0.737. The SMILES string of the molecule is CNCC1CCCN1C(C)C(C)C. The van der Waals surface area contributed by atoms with Gasteiger partial charge in [0, 0.05) is 18.6 Å². The van der Waals surface area contributed by atoms with Gasteiger partial charge in [0.05, 0.1) is 0 Å². The Morgan fingerprint density at radius 2 is 2.08 bits per heavy atom. The molecule has 2 nitrogen and oxygen atoms in total. The first-order valence-electron chi connectivity index (χ1n) is 5.57. The first-order chi connectivity index (χ1) is 6.16. The van der Waals surface area contributed by atoms with Gasteiger partial charge in [-0.25, -0.2) is 0 Å². The third-order valence-corrected chi connectivity index (χ3v) is 3.35. The van der Waals surface area contributed by atoms with Crippen molar-refractivity contribution in [3.63, 3.8) is 0 Å². The van der Waals surface area contributed by atoms with Gasteiger partial charge >= 0.3 is 0 Å². The minimum Gasteiger partial charge on any atom is -0.318 e. The second-order valence-electron chi connectivity index (χ2n) is 4.58. The smallest absolute Gasteiger partial charge is 0.0223 e. The van der Waals surface area contributed by atoms with Crippen molar-refractivity contribution in [1.29, 1.82) is 0 Å². The highest BCUT2D eigenvalue weighted by Gasteiger charge is 2.28. The largest absolute Gasteiger partial charge is 0.318 e. The standard InChI is InChI=1S/C11H24N2/c1-9(2)10(3)13-7-5-6-11(13)8-12-4/h9-12H,5-8H2,1-4H3. The summed E-state index contributed by atoms with van der Waals surface area (Å²) in [7, 11) is 2.05. The van der Waals surface area contributed by atoms with Crippen molar-refractivity contribution in [2.24, 2.45) is 5.92 Å². The van der Waals surface area contributed by atoms with Crippen LogP contribution in [0.1, 0.15) is 33.6 Å². The molecule has 1 saturated heterocycles. The lowest BCUT2D eigenvalue weighted by Crippen LogP contribution is -2.44. The van der Waals surface area contributed by atoms with E-state index in [1.54, 1.807) is 0 Å². The predicted octanol–water partition coefficient (Wildman–Crippen LogP) is 1.71. The van der Waals surface area contributed by atoms with E-state index in [2.05, 4.69) is 38.0 Å². The van der Waals surface area contributed by atoms with Gasteiger partial charge in [-0.05, 0) is 39.3 Å². The Morgan fingerprint density at radius 1 is 1.38 bits per heavy atom. The predicted molar refractivity (Wildman–Crippen MR) is 58.0 cm³/mol. The van der Waals surface area contributed by atoms with Gasteiger partial charge in [-0.2, -0.15) is 0 Å². The van der Waals surface area contributed by atoms with Gasteiger partial charge in [0.2, 0.25) is 0 Å². The second-order valence-corrected chi connectivity index (χ2v) is 4.58. The molecule has 0 aliphatic carbocycles. The van der Waals surface area contributed by atoms with Gasteiger partial charge in [0.25, 0.3) is 0 Å². The highest BCUT2D eigenvalue weighted by molar-refractivity contribution is 4.85. The fourth-order valence-corrected chi connectivity index (χ4v) is 2.23. The van der Waals surface area contributed by atoms with E-state index in [9.17, 15) is 0 Å². The van der Waals surface area contributed by atoms with Gasteiger partial charge in [-0.3, -0.25) is 4.90 Å². The molecule has 1 heterocycles. The Balaban J connectivity index is 2.47. The Kier molecular flexibility index (Phi) is 4.20. The molecule has 0 radical (unpaired) electrons. The van der Waals surface area contributed by atoms with Crippen LogP contribution in [0.3, 0.4) is 0 Å². The van der Waals surface area contributed by atoms with E-state index in [0.717, 1.165) is 24.5 Å². The van der Waals surface area contributed by atoms with E-state index in [1.165, 1.54) is 19.4 Å². The number of rotatable bonds is 4. The summed E-state index contributed by atoms with van der Waals surface area (Å²) in [6.07, 6.45) is 2.75. The van der Waals surface area contributed by atoms with Crippen LogP contribution >= 0.6 is 0 Å². The molecule has 0 aromatic rings. The molecule has 0 amide bonds.